The Morgan fingerprint density at radius 3 is 2.33 bits per heavy atom. The van der Waals surface area contributed by atoms with E-state index in [2.05, 4.69) is 15.5 Å². The predicted octanol–water partition coefficient (Wildman–Crippen LogP) is 4.59. The van der Waals surface area contributed by atoms with Crippen molar-refractivity contribution in [1.82, 2.24) is 14.5 Å². The third kappa shape index (κ3) is 4.34. The minimum atomic E-state index is -3.49. The molecule has 0 unspecified atom stereocenters. The molecule has 1 aromatic heterocycles. The number of nitrogens with zero attached hydrogens (tertiary/aromatic N) is 3. The van der Waals surface area contributed by atoms with Crippen LogP contribution >= 0.6 is 0 Å². The molecule has 1 atom stereocenters. The van der Waals surface area contributed by atoms with Gasteiger partial charge >= 0.3 is 0 Å². The Kier molecular flexibility index (Phi) is 5.78. The van der Waals surface area contributed by atoms with E-state index in [1.165, 1.54) is 12.1 Å². The largest absolute Gasteiger partial charge is 0.339 e. The summed E-state index contributed by atoms with van der Waals surface area (Å²) >= 11 is 0. The van der Waals surface area contributed by atoms with Crippen LogP contribution in [0.25, 0.3) is 11.3 Å². The van der Waals surface area contributed by atoms with Gasteiger partial charge in [0.25, 0.3) is 0 Å². The fourth-order valence-electron chi connectivity index (χ4n) is 3.60. The van der Waals surface area contributed by atoms with E-state index in [1.54, 1.807) is 52.8 Å². The third-order valence-electron chi connectivity index (χ3n) is 5.28. The van der Waals surface area contributed by atoms with E-state index in [9.17, 15) is 12.8 Å². The lowest BCUT2D eigenvalue weighted by Crippen LogP contribution is -2.41. The summed E-state index contributed by atoms with van der Waals surface area (Å²) in [6, 6.07) is 16.3. The normalized spacial score (nSPS) is 17.6. The van der Waals surface area contributed by atoms with Crippen molar-refractivity contribution in [3.63, 3.8) is 0 Å². The van der Waals surface area contributed by atoms with Crippen molar-refractivity contribution < 1.29 is 12.8 Å². The van der Waals surface area contributed by atoms with Crippen LogP contribution in [0, 0.1) is 5.82 Å². The molecule has 8 heteroatoms. The van der Waals surface area contributed by atoms with E-state index in [0.717, 1.165) is 24.8 Å². The van der Waals surface area contributed by atoms with Crippen LogP contribution in [0.1, 0.15) is 26.2 Å². The minimum Gasteiger partial charge on any atom is -0.339 e. The lowest BCUT2D eigenvalue weighted by atomic mass is 10.1. The average Bonchev–Trinajstić information content (AvgIpc) is 2.75. The van der Waals surface area contributed by atoms with Crippen LogP contribution in [0.5, 0.6) is 0 Å². The highest BCUT2D eigenvalue weighted by atomic mass is 32.2. The van der Waals surface area contributed by atoms with Crippen LogP contribution in [-0.2, 0) is 10.0 Å². The van der Waals surface area contributed by atoms with Crippen LogP contribution in [-0.4, -0.2) is 35.5 Å². The molecule has 0 saturated carbocycles. The molecule has 4 rings (SSSR count). The van der Waals surface area contributed by atoms with Crippen molar-refractivity contribution in [2.24, 2.45) is 0 Å². The van der Waals surface area contributed by atoms with Gasteiger partial charge in [0.1, 0.15) is 5.82 Å². The summed E-state index contributed by atoms with van der Waals surface area (Å²) in [7, 11) is -3.49. The lowest BCUT2D eigenvalue weighted by molar-refractivity contribution is 0.268. The molecular formula is C22H23FN4O2S. The summed E-state index contributed by atoms with van der Waals surface area (Å²) in [6.45, 7) is 2.53. The average molecular weight is 427 g/mol. The monoisotopic (exact) mass is 426 g/mol. The van der Waals surface area contributed by atoms with Gasteiger partial charge in [-0.2, -0.15) is 4.31 Å². The molecule has 1 N–H and O–H groups in total. The van der Waals surface area contributed by atoms with Crippen molar-refractivity contribution >= 4 is 21.5 Å². The number of sulfonamides is 1. The number of hydrogen-bond acceptors (Lipinski definition) is 5. The van der Waals surface area contributed by atoms with Gasteiger partial charge in [-0.25, -0.2) is 12.8 Å². The molecule has 156 valence electrons. The quantitative estimate of drug-likeness (QED) is 0.646. The van der Waals surface area contributed by atoms with Crippen molar-refractivity contribution in [3.05, 3.63) is 66.5 Å². The van der Waals surface area contributed by atoms with Crippen molar-refractivity contribution in [2.75, 3.05) is 11.9 Å². The van der Waals surface area contributed by atoms with Crippen LogP contribution in [0.3, 0.4) is 0 Å². The first-order valence-electron chi connectivity index (χ1n) is 9.92. The van der Waals surface area contributed by atoms with Crippen LogP contribution in [0.2, 0.25) is 0 Å². The van der Waals surface area contributed by atoms with Gasteiger partial charge in [0, 0.05) is 23.8 Å². The Hall–Kier alpha value is -2.84. The maximum absolute atomic E-state index is 13.0. The summed E-state index contributed by atoms with van der Waals surface area (Å²) in [6.07, 6.45) is 2.86. The number of aromatic nitrogens is 2. The second-order valence-electron chi connectivity index (χ2n) is 7.42. The lowest BCUT2D eigenvalue weighted by Gasteiger charge is -2.32. The standard InChI is InChI=1S/C22H23FN4O2S/c1-16-4-2-3-15-27(16)30(28,29)20-11-9-19(10-12-20)24-22-14-13-21(25-26-22)17-5-7-18(23)8-6-17/h5-14,16H,2-4,15H2,1H3,(H,24,26)/t16-/m1/s1. The Morgan fingerprint density at radius 2 is 1.70 bits per heavy atom. The van der Waals surface area contributed by atoms with Crippen molar-refractivity contribution in [3.8, 4) is 11.3 Å². The molecule has 1 aliphatic rings. The van der Waals surface area contributed by atoms with Gasteiger partial charge in [-0.1, -0.05) is 6.42 Å². The molecule has 1 fully saturated rings. The SMILES string of the molecule is C[C@@H]1CCCCN1S(=O)(=O)c1ccc(Nc2ccc(-c3ccc(F)cc3)nn2)cc1. The fourth-order valence-corrected chi connectivity index (χ4v) is 5.30. The number of nitrogens with one attached hydrogen (secondary N) is 1. The van der Waals surface area contributed by atoms with E-state index in [-0.39, 0.29) is 11.9 Å². The zero-order valence-electron chi connectivity index (χ0n) is 16.6. The molecule has 0 bridgehead atoms. The minimum absolute atomic E-state index is 0.0245. The molecule has 0 amide bonds. The smallest absolute Gasteiger partial charge is 0.243 e. The Morgan fingerprint density at radius 1 is 0.967 bits per heavy atom. The number of halogens is 1. The molecule has 0 aliphatic carbocycles. The van der Waals surface area contributed by atoms with E-state index in [4.69, 9.17) is 0 Å². The highest BCUT2D eigenvalue weighted by molar-refractivity contribution is 7.89. The summed E-state index contributed by atoms with van der Waals surface area (Å²) < 4.78 is 40.5. The number of anilines is 2. The third-order valence-corrected chi connectivity index (χ3v) is 7.31. The van der Waals surface area contributed by atoms with Crippen LogP contribution in [0.15, 0.2) is 65.6 Å². The number of piperidine rings is 1. The van der Waals surface area contributed by atoms with Gasteiger partial charge in [0.2, 0.25) is 10.0 Å². The van der Waals surface area contributed by atoms with E-state index >= 15 is 0 Å². The Balaban J connectivity index is 1.46. The van der Waals surface area contributed by atoms with E-state index < -0.39 is 10.0 Å². The number of rotatable bonds is 5. The molecular weight excluding hydrogens is 403 g/mol. The summed E-state index contributed by atoms with van der Waals surface area (Å²) in [5.74, 6) is 0.228. The van der Waals surface area contributed by atoms with Gasteiger partial charge in [0.15, 0.2) is 5.82 Å². The van der Waals surface area contributed by atoms with Gasteiger partial charge in [-0.05, 0) is 80.4 Å². The highest BCUT2D eigenvalue weighted by Crippen LogP contribution is 2.26. The molecule has 0 radical (unpaired) electrons. The molecule has 6 nitrogen and oxygen atoms in total. The molecule has 1 saturated heterocycles. The second-order valence-corrected chi connectivity index (χ2v) is 9.31. The molecule has 1 aliphatic heterocycles. The van der Waals surface area contributed by atoms with Crippen molar-refractivity contribution in [2.45, 2.75) is 37.1 Å². The predicted molar refractivity (Wildman–Crippen MR) is 114 cm³/mol. The van der Waals surface area contributed by atoms with Gasteiger partial charge in [-0.15, -0.1) is 10.2 Å². The van der Waals surface area contributed by atoms with Crippen LogP contribution in [0.4, 0.5) is 15.9 Å². The molecule has 2 heterocycles. The molecule has 30 heavy (non-hydrogen) atoms. The zero-order valence-corrected chi connectivity index (χ0v) is 17.4. The first kappa shape index (κ1) is 20.4. The summed E-state index contributed by atoms with van der Waals surface area (Å²) in [5, 5.41) is 11.4. The summed E-state index contributed by atoms with van der Waals surface area (Å²) in [5.41, 5.74) is 2.12. The van der Waals surface area contributed by atoms with Gasteiger partial charge in [0.05, 0.1) is 10.6 Å². The topological polar surface area (TPSA) is 75.2 Å². The van der Waals surface area contributed by atoms with Gasteiger partial charge in [-0.3, -0.25) is 0 Å². The first-order valence-corrected chi connectivity index (χ1v) is 11.4. The Labute approximate surface area is 175 Å². The fraction of sp³-hybridized carbons (Fsp3) is 0.273. The highest BCUT2D eigenvalue weighted by Gasteiger charge is 2.30. The number of benzene rings is 2. The van der Waals surface area contributed by atoms with Gasteiger partial charge < -0.3 is 5.32 Å². The maximum Gasteiger partial charge on any atom is 0.243 e. The van der Waals surface area contributed by atoms with E-state index in [0.29, 0.717) is 28.6 Å². The summed E-state index contributed by atoms with van der Waals surface area (Å²) in [4.78, 5) is 0.291. The molecule has 0 spiro atoms. The Bertz CT molecular complexity index is 1100. The van der Waals surface area contributed by atoms with Crippen LogP contribution < -0.4 is 5.32 Å². The zero-order chi connectivity index (χ0) is 21.1. The van der Waals surface area contributed by atoms with E-state index in [1.807, 2.05) is 6.92 Å². The second kappa shape index (κ2) is 8.49. The molecule has 2 aromatic carbocycles. The maximum atomic E-state index is 13.0. The van der Waals surface area contributed by atoms with Crippen molar-refractivity contribution in [1.29, 1.82) is 0 Å². The molecule has 3 aromatic rings. The number of hydrogen-bond donors (Lipinski definition) is 1. The first-order chi connectivity index (χ1) is 14.4.